The lowest BCUT2D eigenvalue weighted by molar-refractivity contribution is 1.46. The van der Waals surface area contributed by atoms with E-state index in [0.717, 1.165) is 15.8 Å². The molecule has 0 saturated heterocycles. The van der Waals surface area contributed by atoms with Gasteiger partial charge in [0, 0.05) is 4.47 Å². The monoisotopic (exact) mass is 306 g/mol. The van der Waals surface area contributed by atoms with Crippen molar-refractivity contribution in [1.82, 2.24) is 0 Å². The number of benzene rings is 2. The van der Waals surface area contributed by atoms with Crippen LogP contribution >= 0.6 is 27.5 Å². The van der Waals surface area contributed by atoms with Gasteiger partial charge in [0.15, 0.2) is 0 Å². The van der Waals surface area contributed by atoms with Gasteiger partial charge in [-0.05, 0) is 46.3 Å². The highest BCUT2D eigenvalue weighted by molar-refractivity contribution is 9.10. The molecule has 0 heterocycles. The van der Waals surface area contributed by atoms with Crippen molar-refractivity contribution in [3.05, 3.63) is 57.5 Å². The Hall–Kier alpha value is -1.50. The van der Waals surface area contributed by atoms with E-state index < -0.39 is 0 Å². The van der Waals surface area contributed by atoms with Gasteiger partial charge in [0.1, 0.15) is 0 Å². The van der Waals surface area contributed by atoms with Gasteiger partial charge < -0.3 is 5.32 Å². The molecule has 0 aromatic heterocycles. The highest BCUT2D eigenvalue weighted by Gasteiger charge is 2.04. The number of nitrogens with zero attached hydrogens (tertiary/aromatic N) is 1. The minimum atomic E-state index is 0.613. The zero-order valence-electron chi connectivity index (χ0n) is 8.74. The van der Waals surface area contributed by atoms with Crippen molar-refractivity contribution in [2.45, 2.75) is 0 Å². The summed E-state index contributed by atoms with van der Waals surface area (Å²) in [5, 5.41) is 12.6. The summed E-state index contributed by atoms with van der Waals surface area (Å²) in [6, 6.07) is 14.9. The van der Waals surface area contributed by atoms with E-state index in [2.05, 4.69) is 27.3 Å². The second kappa shape index (κ2) is 5.22. The van der Waals surface area contributed by atoms with E-state index >= 15 is 0 Å². The minimum Gasteiger partial charge on any atom is -0.353 e. The first kappa shape index (κ1) is 12.0. The van der Waals surface area contributed by atoms with Gasteiger partial charge in [-0.25, -0.2) is 0 Å². The normalized spacial score (nSPS) is 9.71. The number of para-hydroxylation sites is 1. The Balaban J connectivity index is 2.32. The van der Waals surface area contributed by atoms with Gasteiger partial charge in [-0.15, -0.1) is 0 Å². The molecule has 0 saturated carbocycles. The molecule has 0 amide bonds. The van der Waals surface area contributed by atoms with Crippen molar-refractivity contribution in [3.8, 4) is 6.07 Å². The van der Waals surface area contributed by atoms with Gasteiger partial charge in [0.2, 0.25) is 0 Å². The van der Waals surface area contributed by atoms with Crippen molar-refractivity contribution in [2.75, 3.05) is 5.32 Å². The summed E-state index contributed by atoms with van der Waals surface area (Å²) in [4.78, 5) is 0. The maximum atomic E-state index is 8.77. The number of anilines is 2. The Morgan fingerprint density at radius 1 is 1.12 bits per heavy atom. The SMILES string of the molecule is N#Cc1ccc(Nc2ccccc2Cl)c(Br)c1. The van der Waals surface area contributed by atoms with Crippen LogP contribution in [0.4, 0.5) is 11.4 Å². The van der Waals surface area contributed by atoms with Crippen molar-refractivity contribution in [2.24, 2.45) is 0 Å². The van der Waals surface area contributed by atoms with Crippen LogP contribution in [0.3, 0.4) is 0 Å². The zero-order valence-corrected chi connectivity index (χ0v) is 11.1. The van der Waals surface area contributed by atoms with Crippen LogP contribution < -0.4 is 5.32 Å². The topological polar surface area (TPSA) is 35.8 Å². The first-order chi connectivity index (χ1) is 8.20. The first-order valence-electron chi connectivity index (χ1n) is 4.92. The van der Waals surface area contributed by atoms with E-state index in [1.165, 1.54) is 0 Å². The molecule has 2 aromatic carbocycles. The van der Waals surface area contributed by atoms with Gasteiger partial charge >= 0.3 is 0 Å². The molecule has 1 N–H and O–H groups in total. The fraction of sp³-hybridized carbons (Fsp3) is 0. The highest BCUT2D eigenvalue weighted by atomic mass is 79.9. The summed E-state index contributed by atoms with van der Waals surface area (Å²) in [6.45, 7) is 0. The largest absolute Gasteiger partial charge is 0.353 e. The molecule has 0 fully saturated rings. The van der Waals surface area contributed by atoms with Crippen molar-refractivity contribution in [1.29, 1.82) is 5.26 Å². The van der Waals surface area contributed by atoms with Gasteiger partial charge in [-0.2, -0.15) is 5.26 Å². The summed E-state index contributed by atoms with van der Waals surface area (Å²) in [6.07, 6.45) is 0. The summed E-state index contributed by atoms with van der Waals surface area (Å²) in [5.74, 6) is 0. The first-order valence-corrected chi connectivity index (χ1v) is 6.09. The van der Waals surface area contributed by atoms with E-state index in [9.17, 15) is 0 Å². The van der Waals surface area contributed by atoms with Crippen molar-refractivity contribution < 1.29 is 0 Å². The molecular formula is C13H8BrClN2. The number of nitriles is 1. The average molecular weight is 308 g/mol. The molecule has 0 bridgehead atoms. The lowest BCUT2D eigenvalue weighted by atomic mass is 10.2. The fourth-order valence-electron chi connectivity index (χ4n) is 1.39. The van der Waals surface area contributed by atoms with Crippen LogP contribution in [0.15, 0.2) is 46.9 Å². The standard InChI is InChI=1S/C13H8BrClN2/c14-10-7-9(8-16)5-6-12(10)17-13-4-2-1-3-11(13)15/h1-7,17H. The summed E-state index contributed by atoms with van der Waals surface area (Å²) in [5.41, 5.74) is 2.32. The molecule has 17 heavy (non-hydrogen) atoms. The van der Waals surface area contributed by atoms with E-state index in [1.807, 2.05) is 30.3 Å². The quantitative estimate of drug-likeness (QED) is 0.871. The molecule has 4 heteroatoms. The molecule has 2 aromatic rings. The van der Waals surface area contributed by atoms with Gasteiger partial charge in [-0.1, -0.05) is 23.7 Å². The Kier molecular flexibility index (Phi) is 3.68. The number of hydrogen-bond acceptors (Lipinski definition) is 2. The van der Waals surface area contributed by atoms with Crippen LogP contribution in [0.5, 0.6) is 0 Å². The molecule has 84 valence electrons. The molecule has 0 aliphatic rings. The van der Waals surface area contributed by atoms with E-state index in [0.29, 0.717) is 10.6 Å². The van der Waals surface area contributed by atoms with Crippen LogP contribution in [-0.2, 0) is 0 Å². The van der Waals surface area contributed by atoms with Crippen LogP contribution in [0, 0.1) is 11.3 Å². The third-order valence-electron chi connectivity index (χ3n) is 2.24. The Labute approximate surface area is 113 Å². The molecule has 2 rings (SSSR count). The minimum absolute atomic E-state index is 0.613. The Morgan fingerprint density at radius 2 is 1.88 bits per heavy atom. The van der Waals surface area contributed by atoms with E-state index in [1.54, 1.807) is 12.1 Å². The van der Waals surface area contributed by atoms with Crippen LogP contribution in [0.2, 0.25) is 5.02 Å². The molecule has 0 unspecified atom stereocenters. The molecule has 0 atom stereocenters. The summed E-state index contributed by atoms with van der Waals surface area (Å²) < 4.78 is 0.830. The highest BCUT2D eigenvalue weighted by Crippen LogP contribution is 2.30. The number of halogens is 2. The summed E-state index contributed by atoms with van der Waals surface area (Å²) in [7, 11) is 0. The van der Waals surface area contributed by atoms with Crippen LogP contribution in [0.25, 0.3) is 0 Å². The second-order valence-corrected chi connectivity index (χ2v) is 4.67. The third kappa shape index (κ3) is 2.79. The van der Waals surface area contributed by atoms with Gasteiger partial charge in [0.05, 0.1) is 28.0 Å². The number of nitrogens with one attached hydrogen (secondary N) is 1. The van der Waals surface area contributed by atoms with E-state index in [4.69, 9.17) is 16.9 Å². The smallest absolute Gasteiger partial charge is 0.0992 e. The predicted octanol–water partition coefficient (Wildman–Crippen LogP) is 4.72. The lowest BCUT2D eigenvalue weighted by Crippen LogP contribution is -1.92. The molecular weight excluding hydrogens is 300 g/mol. The molecule has 2 nitrogen and oxygen atoms in total. The predicted molar refractivity (Wildman–Crippen MR) is 73.6 cm³/mol. The Morgan fingerprint density at radius 3 is 2.53 bits per heavy atom. The molecule has 0 aliphatic heterocycles. The zero-order chi connectivity index (χ0) is 12.3. The molecule has 0 radical (unpaired) electrons. The molecule has 0 spiro atoms. The van der Waals surface area contributed by atoms with Crippen LogP contribution in [-0.4, -0.2) is 0 Å². The molecule has 0 aliphatic carbocycles. The Bertz CT molecular complexity index is 590. The fourth-order valence-corrected chi connectivity index (χ4v) is 2.05. The lowest BCUT2D eigenvalue weighted by Gasteiger charge is -2.10. The van der Waals surface area contributed by atoms with Gasteiger partial charge in [-0.3, -0.25) is 0 Å². The van der Waals surface area contributed by atoms with Crippen LogP contribution in [0.1, 0.15) is 5.56 Å². The summed E-state index contributed by atoms with van der Waals surface area (Å²) >= 11 is 9.47. The number of hydrogen-bond donors (Lipinski definition) is 1. The maximum absolute atomic E-state index is 8.77. The van der Waals surface area contributed by atoms with Gasteiger partial charge in [0.25, 0.3) is 0 Å². The average Bonchev–Trinajstić information content (AvgIpc) is 2.34. The van der Waals surface area contributed by atoms with E-state index in [-0.39, 0.29) is 0 Å². The number of rotatable bonds is 2. The maximum Gasteiger partial charge on any atom is 0.0992 e. The van der Waals surface area contributed by atoms with Crippen molar-refractivity contribution in [3.63, 3.8) is 0 Å². The second-order valence-electron chi connectivity index (χ2n) is 3.41. The van der Waals surface area contributed by atoms with Crippen molar-refractivity contribution >= 4 is 38.9 Å². The third-order valence-corrected chi connectivity index (χ3v) is 3.23.